The second kappa shape index (κ2) is 11.3. The van der Waals surface area contributed by atoms with Crippen molar-refractivity contribution in [3.63, 3.8) is 0 Å². The molecule has 0 aliphatic carbocycles. The Bertz CT molecular complexity index is 746. The quantitative estimate of drug-likeness (QED) is 0.581. The number of hydrogen-bond acceptors (Lipinski definition) is 5. The molecule has 1 N–H and O–H groups in total. The van der Waals surface area contributed by atoms with E-state index in [1.165, 1.54) is 7.05 Å². The molecule has 1 fully saturated rings. The van der Waals surface area contributed by atoms with E-state index in [2.05, 4.69) is 19.6 Å². The van der Waals surface area contributed by atoms with Crippen molar-refractivity contribution < 1.29 is 29.0 Å². The smallest absolute Gasteiger partial charge is 0.410 e. The van der Waals surface area contributed by atoms with Gasteiger partial charge < -0.3 is 19.5 Å². The Hall–Kier alpha value is -2.39. The van der Waals surface area contributed by atoms with Crippen LogP contribution in [0.2, 0.25) is 25.7 Å². The zero-order valence-electron chi connectivity index (χ0n) is 18.9. The number of carboxylic acid groups (broad SMARTS) is 1. The first-order valence-corrected chi connectivity index (χ1v) is 14.3. The number of carboxylic acids is 1. The number of morpholine rings is 1. The fraction of sp³-hybridized carbons (Fsp3) is 0.591. The van der Waals surface area contributed by atoms with Crippen LogP contribution in [-0.4, -0.2) is 86.9 Å². The minimum atomic E-state index is -1.40. The molecular formula is C22H34N2O6Si. The summed E-state index contributed by atoms with van der Waals surface area (Å²) in [6.07, 6.45) is -0.548. The lowest BCUT2D eigenvalue weighted by Gasteiger charge is -2.36. The molecule has 9 heteroatoms. The summed E-state index contributed by atoms with van der Waals surface area (Å²) in [6, 6.07) is 8.74. The van der Waals surface area contributed by atoms with Gasteiger partial charge in [0.25, 0.3) is 0 Å². The third-order valence-electron chi connectivity index (χ3n) is 5.36. The lowest BCUT2D eigenvalue weighted by atomic mass is 9.90. The summed E-state index contributed by atoms with van der Waals surface area (Å²) >= 11 is 0. The first-order chi connectivity index (χ1) is 14.6. The monoisotopic (exact) mass is 450 g/mol. The van der Waals surface area contributed by atoms with Crippen LogP contribution >= 0.6 is 0 Å². The van der Waals surface area contributed by atoms with E-state index in [-0.39, 0.29) is 13.0 Å². The van der Waals surface area contributed by atoms with Gasteiger partial charge >= 0.3 is 12.1 Å². The highest BCUT2D eigenvalue weighted by molar-refractivity contribution is 6.76. The second-order valence-corrected chi connectivity index (χ2v) is 14.7. The van der Waals surface area contributed by atoms with Crippen molar-refractivity contribution in [1.29, 1.82) is 0 Å². The maximum absolute atomic E-state index is 13.4. The van der Waals surface area contributed by atoms with E-state index < -0.39 is 38.0 Å². The Morgan fingerprint density at radius 3 is 2.32 bits per heavy atom. The number of rotatable bonds is 9. The molecule has 1 aliphatic rings. The predicted octanol–water partition coefficient (Wildman–Crippen LogP) is 2.56. The third kappa shape index (κ3) is 7.66. The Kier molecular flexibility index (Phi) is 9.06. The highest BCUT2D eigenvalue weighted by Crippen LogP contribution is 2.21. The van der Waals surface area contributed by atoms with Crippen molar-refractivity contribution in [3.05, 3.63) is 35.9 Å². The van der Waals surface area contributed by atoms with E-state index >= 15 is 0 Å². The van der Waals surface area contributed by atoms with Crippen molar-refractivity contribution in [1.82, 2.24) is 9.80 Å². The van der Waals surface area contributed by atoms with Gasteiger partial charge in [-0.2, -0.15) is 0 Å². The molecule has 1 aromatic carbocycles. The highest BCUT2D eigenvalue weighted by Gasteiger charge is 2.42. The third-order valence-corrected chi connectivity index (χ3v) is 7.06. The molecule has 0 saturated carbocycles. The van der Waals surface area contributed by atoms with Gasteiger partial charge in [0.1, 0.15) is 6.04 Å². The second-order valence-electron chi connectivity index (χ2n) is 9.05. The fourth-order valence-electron chi connectivity index (χ4n) is 3.44. The van der Waals surface area contributed by atoms with Crippen LogP contribution in [0.1, 0.15) is 5.56 Å². The Labute approximate surface area is 185 Å². The van der Waals surface area contributed by atoms with Gasteiger partial charge in [0, 0.05) is 28.2 Å². The van der Waals surface area contributed by atoms with Gasteiger partial charge in [-0.25, -0.2) is 4.79 Å². The van der Waals surface area contributed by atoms with E-state index in [4.69, 9.17) is 9.47 Å². The van der Waals surface area contributed by atoms with E-state index in [0.29, 0.717) is 26.3 Å². The zero-order chi connectivity index (χ0) is 23.0. The van der Waals surface area contributed by atoms with Crippen LogP contribution in [0.3, 0.4) is 0 Å². The Morgan fingerprint density at radius 1 is 1.16 bits per heavy atom. The van der Waals surface area contributed by atoms with E-state index in [9.17, 15) is 19.5 Å². The van der Waals surface area contributed by atoms with Gasteiger partial charge in [0.15, 0.2) is 0 Å². The first kappa shape index (κ1) is 24.9. The van der Waals surface area contributed by atoms with Crippen LogP contribution in [0, 0.1) is 5.92 Å². The van der Waals surface area contributed by atoms with Gasteiger partial charge in [-0.3, -0.25) is 14.5 Å². The van der Waals surface area contributed by atoms with Gasteiger partial charge in [-0.1, -0.05) is 50.0 Å². The van der Waals surface area contributed by atoms with Crippen molar-refractivity contribution >= 4 is 26.0 Å². The summed E-state index contributed by atoms with van der Waals surface area (Å²) in [4.78, 5) is 41.1. The maximum atomic E-state index is 13.4. The molecule has 2 amide bonds. The Balaban J connectivity index is 2.25. The molecule has 0 radical (unpaired) electrons. The molecule has 31 heavy (non-hydrogen) atoms. The Morgan fingerprint density at radius 2 is 1.77 bits per heavy atom. The number of amides is 2. The van der Waals surface area contributed by atoms with E-state index in [0.717, 1.165) is 16.5 Å². The summed E-state index contributed by atoms with van der Waals surface area (Å²) in [7, 11) is 0.0410. The topological polar surface area (TPSA) is 96.4 Å². The van der Waals surface area contributed by atoms with Gasteiger partial charge in [-0.15, -0.1) is 0 Å². The maximum Gasteiger partial charge on any atom is 0.410 e. The molecule has 0 aromatic heterocycles. The molecular weight excluding hydrogens is 416 g/mol. The van der Waals surface area contributed by atoms with Crippen LogP contribution in [-0.2, 0) is 25.5 Å². The molecule has 0 spiro atoms. The normalized spacial score (nSPS) is 16.3. The summed E-state index contributed by atoms with van der Waals surface area (Å²) in [6.45, 7) is 8.30. The van der Waals surface area contributed by atoms with Crippen molar-refractivity contribution in [2.24, 2.45) is 5.92 Å². The van der Waals surface area contributed by atoms with Crippen molar-refractivity contribution in [2.75, 3.05) is 40.0 Å². The standard InChI is InChI=1S/C22H34N2O6Si/c1-23(22(28)30-14-15-31(2,3)4)19(20(25)24-10-12-29-13-11-24)18(21(26)27)16-17-8-6-5-7-9-17/h5-9,18-19H,10-16H2,1-4H3,(H,26,27). The highest BCUT2D eigenvalue weighted by atomic mass is 28.3. The average molecular weight is 451 g/mol. The van der Waals surface area contributed by atoms with Crippen LogP contribution in [0.15, 0.2) is 30.3 Å². The van der Waals surface area contributed by atoms with Gasteiger partial charge in [0.05, 0.1) is 25.7 Å². The molecule has 172 valence electrons. The van der Waals surface area contributed by atoms with Crippen LogP contribution in [0.25, 0.3) is 0 Å². The van der Waals surface area contributed by atoms with E-state index in [1.54, 1.807) is 4.90 Å². The summed E-state index contributed by atoms with van der Waals surface area (Å²) < 4.78 is 10.7. The number of ether oxygens (including phenoxy) is 2. The molecule has 0 bridgehead atoms. The van der Waals surface area contributed by atoms with E-state index in [1.807, 2.05) is 30.3 Å². The number of likely N-dealkylation sites (N-methyl/N-ethyl adjacent to an activating group) is 1. The molecule has 8 nitrogen and oxygen atoms in total. The molecule has 1 aliphatic heterocycles. The SMILES string of the molecule is CN(C(=O)OCC[Si](C)(C)C)C(C(=O)N1CCOCC1)C(Cc1ccccc1)C(=O)O. The fourth-order valence-corrected chi connectivity index (χ4v) is 4.15. The first-order valence-electron chi connectivity index (χ1n) is 10.6. The number of nitrogens with zero attached hydrogens (tertiary/aromatic N) is 2. The number of aliphatic carboxylic acids is 1. The zero-order valence-corrected chi connectivity index (χ0v) is 19.9. The number of benzene rings is 1. The molecule has 1 aromatic rings. The number of hydrogen-bond donors (Lipinski definition) is 1. The molecule has 2 atom stereocenters. The summed E-state index contributed by atoms with van der Waals surface area (Å²) in [5, 5.41) is 10.00. The molecule has 2 unspecified atom stereocenters. The lowest BCUT2D eigenvalue weighted by molar-refractivity contribution is -0.152. The molecule has 1 heterocycles. The predicted molar refractivity (Wildman–Crippen MR) is 120 cm³/mol. The van der Waals surface area contributed by atoms with Crippen LogP contribution < -0.4 is 0 Å². The van der Waals surface area contributed by atoms with Crippen molar-refractivity contribution in [2.45, 2.75) is 38.1 Å². The average Bonchev–Trinajstić information content (AvgIpc) is 2.73. The largest absolute Gasteiger partial charge is 0.481 e. The van der Waals surface area contributed by atoms with Crippen molar-refractivity contribution in [3.8, 4) is 0 Å². The van der Waals surface area contributed by atoms with Gasteiger partial charge in [-0.05, 0) is 18.0 Å². The van der Waals surface area contributed by atoms with Crippen LogP contribution in [0.4, 0.5) is 4.79 Å². The van der Waals surface area contributed by atoms with Gasteiger partial charge in [0.2, 0.25) is 5.91 Å². The minimum absolute atomic E-state index is 0.128. The lowest BCUT2D eigenvalue weighted by Crippen LogP contribution is -2.57. The minimum Gasteiger partial charge on any atom is -0.481 e. The van der Waals surface area contributed by atoms with Crippen LogP contribution in [0.5, 0.6) is 0 Å². The summed E-state index contributed by atoms with van der Waals surface area (Å²) in [5.41, 5.74) is 0.787. The summed E-state index contributed by atoms with van der Waals surface area (Å²) in [5.74, 6) is -2.62. The molecule has 2 rings (SSSR count). The number of carbonyl (C=O) groups excluding carboxylic acids is 2. The molecule has 1 saturated heterocycles. The number of carbonyl (C=O) groups is 3.